The van der Waals surface area contributed by atoms with E-state index in [-0.39, 0.29) is 16.6 Å². The minimum absolute atomic E-state index is 0.0287. The summed E-state index contributed by atoms with van der Waals surface area (Å²) in [4.78, 5) is 1.58. The van der Waals surface area contributed by atoms with Crippen molar-refractivity contribution in [2.45, 2.75) is 19.5 Å². The predicted molar refractivity (Wildman–Crippen MR) is 60.6 cm³/mol. The summed E-state index contributed by atoms with van der Waals surface area (Å²) in [5, 5.41) is 8.69. The highest BCUT2D eigenvalue weighted by atomic mass is 79.9. The summed E-state index contributed by atoms with van der Waals surface area (Å²) in [7, 11) is 1.65. The SMILES string of the molecule is CC(C#N)N(C)Cc1c(F)ccc(Br)c1F. The van der Waals surface area contributed by atoms with E-state index in [0.717, 1.165) is 0 Å². The Morgan fingerprint density at radius 2 is 2.12 bits per heavy atom. The van der Waals surface area contributed by atoms with Crippen molar-refractivity contribution in [2.24, 2.45) is 0 Å². The molecule has 0 aromatic heterocycles. The van der Waals surface area contributed by atoms with Crippen LogP contribution in [-0.2, 0) is 6.54 Å². The molecular formula is C11H11BrF2N2. The molecule has 0 N–H and O–H groups in total. The predicted octanol–water partition coefficient (Wildman–Crippen LogP) is 3.07. The zero-order valence-electron chi connectivity index (χ0n) is 8.97. The van der Waals surface area contributed by atoms with Gasteiger partial charge in [0.2, 0.25) is 0 Å². The Morgan fingerprint density at radius 3 is 2.69 bits per heavy atom. The molecule has 2 nitrogen and oxygen atoms in total. The van der Waals surface area contributed by atoms with E-state index in [4.69, 9.17) is 5.26 Å². The first kappa shape index (κ1) is 13.1. The van der Waals surface area contributed by atoms with E-state index < -0.39 is 17.7 Å². The Morgan fingerprint density at radius 1 is 1.50 bits per heavy atom. The van der Waals surface area contributed by atoms with Crippen molar-refractivity contribution in [1.82, 2.24) is 4.90 Å². The molecule has 0 aliphatic rings. The maximum Gasteiger partial charge on any atom is 0.144 e. The molecule has 16 heavy (non-hydrogen) atoms. The number of rotatable bonds is 3. The Hall–Kier alpha value is -0.990. The van der Waals surface area contributed by atoms with Crippen LogP contribution < -0.4 is 0 Å². The molecule has 0 fully saturated rings. The topological polar surface area (TPSA) is 27.0 Å². The van der Waals surface area contributed by atoms with Crippen LogP contribution in [0.15, 0.2) is 16.6 Å². The van der Waals surface area contributed by atoms with Gasteiger partial charge in [-0.1, -0.05) is 0 Å². The first-order valence-electron chi connectivity index (χ1n) is 4.69. The van der Waals surface area contributed by atoms with Crippen LogP contribution in [0.25, 0.3) is 0 Å². The summed E-state index contributed by atoms with van der Waals surface area (Å²) in [6.45, 7) is 1.74. The van der Waals surface area contributed by atoms with Gasteiger partial charge in [0.15, 0.2) is 0 Å². The molecule has 86 valence electrons. The second-order valence-electron chi connectivity index (χ2n) is 3.54. The number of hydrogen-bond donors (Lipinski definition) is 0. The largest absolute Gasteiger partial charge is 0.287 e. The summed E-state index contributed by atoms with van der Waals surface area (Å²) in [6, 6.07) is 4.14. The fourth-order valence-corrected chi connectivity index (χ4v) is 1.57. The molecule has 0 bridgehead atoms. The highest BCUT2D eigenvalue weighted by molar-refractivity contribution is 9.10. The monoisotopic (exact) mass is 288 g/mol. The molecule has 0 saturated carbocycles. The fourth-order valence-electron chi connectivity index (χ4n) is 1.20. The van der Waals surface area contributed by atoms with Gasteiger partial charge in [0, 0.05) is 12.1 Å². The Kier molecular flexibility index (Phi) is 4.39. The van der Waals surface area contributed by atoms with Gasteiger partial charge in [-0.25, -0.2) is 8.78 Å². The Balaban J connectivity index is 2.98. The van der Waals surface area contributed by atoms with Gasteiger partial charge in [-0.05, 0) is 42.0 Å². The number of halogens is 3. The molecule has 1 unspecified atom stereocenters. The molecule has 0 spiro atoms. The van der Waals surface area contributed by atoms with Gasteiger partial charge in [-0.15, -0.1) is 0 Å². The van der Waals surface area contributed by atoms with E-state index in [1.165, 1.54) is 12.1 Å². The molecule has 0 aliphatic carbocycles. The lowest BCUT2D eigenvalue weighted by Gasteiger charge is -2.19. The van der Waals surface area contributed by atoms with Crippen LogP contribution in [0.5, 0.6) is 0 Å². The number of nitrogens with zero attached hydrogens (tertiary/aromatic N) is 2. The van der Waals surface area contributed by atoms with Crippen LogP contribution in [0.2, 0.25) is 0 Å². The van der Waals surface area contributed by atoms with E-state index in [1.807, 2.05) is 6.07 Å². The zero-order valence-corrected chi connectivity index (χ0v) is 10.6. The normalized spacial score (nSPS) is 12.6. The Bertz CT molecular complexity index is 429. The van der Waals surface area contributed by atoms with Crippen molar-refractivity contribution >= 4 is 15.9 Å². The van der Waals surface area contributed by atoms with Gasteiger partial charge >= 0.3 is 0 Å². The molecule has 0 amide bonds. The number of hydrogen-bond acceptors (Lipinski definition) is 2. The van der Waals surface area contributed by atoms with Crippen LogP contribution in [0.4, 0.5) is 8.78 Å². The van der Waals surface area contributed by atoms with Gasteiger partial charge in [-0.2, -0.15) is 5.26 Å². The van der Waals surface area contributed by atoms with Gasteiger partial charge in [0.1, 0.15) is 11.6 Å². The van der Waals surface area contributed by atoms with Crippen LogP contribution in [0, 0.1) is 23.0 Å². The summed E-state index contributed by atoms with van der Waals surface area (Å²) >= 11 is 3.00. The van der Waals surface area contributed by atoms with Gasteiger partial charge < -0.3 is 0 Å². The molecule has 5 heteroatoms. The molecular weight excluding hydrogens is 278 g/mol. The summed E-state index contributed by atoms with van der Waals surface area (Å²) in [5.41, 5.74) is -0.0287. The molecule has 0 radical (unpaired) electrons. The first-order chi connectivity index (χ1) is 7.47. The maximum absolute atomic E-state index is 13.6. The fraction of sp³-hybridized carbons (Fsp3) is 0.364. The summed E-state index contributed by atoms with van der Waals surface area (Å²) in [5.74, 6) is -1.21. The standard InChI is InChI=1S/C11H11BrF2N2/c1-7(5-15)16(2)6-8-10(13)4-3-9(12)11(8)14/h3-4,7H,6H2,1-2H3. The van der Waals surface area contributed by atoms with Crippen molar-refractivity contribution in [3.05, 3.63) is 33.8 Å². The lowest BCUT2D eigenvalue weighted by atomic mass is 10.1. The van der Waals surface area contributed by atoms with Crippen molar-refractivity contribution in [1.29, 1.82) is 5.26 Å². The molecule has 0 heterocycles. The van der Waals surface area contributed by atoms with Crippen molar-refractivity contribution in [3.8, 4) is 6.07 Å². The van der Waals surface area contributed by atoms with E-state index in [2.05, 4.69) is 15.9 Å². The first-order valence-corrected chi connectivity index (χ1v) is 5.49. The lowest BCUT2D eigenvalue weighted by molar-refractivity contribution is 0.284. The molecule has 1 aromatic rings. The molecule has 1 atom stereocenters. The molecule has 1 rings (SSSR count). The highest BCUT2D eigenvalue weighted by Crippen LogP contribution is 2.22. The number of nitriles is 1. The van der Waals surface area contributed by atoms with E-state index >= 15 is 0 Å². The van der Waals surface area contributed by atoms with Gasteiger partial charge in [-0.3, -0.25) is 4.90 Å². The summed E-state index contributed by atoms with van der Waals surface area (Å²) < 4.78 is 27.2. The molecule has 0 saturated heterocycles. The maximum atomic E-state index is 13.6. The summed E-state index contributed by atoms with van der Waals surface area (Å²) in [6.07, 6.45) is 0. The third-order valence-corrected chi connectivity index (χ3v) is 3.01. The average molecular weight is 289 g/mol. The van der Waals surface area contributed by atoms with E-state index in [9.17, 15) is 8.78 Å². The van der Waals surface area contributed by atoms with Crippen molar-refractivity contribution in [3.63, 3.8) is 0 Å². The van der Waals surface area contributed by atoms with Crippen LogP contribution in [0.1, 0.15) is 12.5 Å². The zero-order chi connectivity index (χ0) is 12.3. The quantitative estimate of drug-likeness (QED) is 0.800. The van der Waals surface area contributed by atoms with Gasteiger partial charge in [0.25, 0.3) is 0 Å². The third kappa shape index (κ3) is 2.77. The second kappa shape index (κ2) is 5.37. The van der Waals surface area contributed by atoms with Crippen molar-refractivity contribution in [2.75, 3.05) is 7.05 Å². The lowest BCUT2D eigenvalue weighted by Crippen LogP contribution is -2.28. The van der Waals surface area contributed by atoms with Crippen LogP contribution >= 0.6 is 15.9 Å². The average Bonchev–Trinajstić information content (AvgIpc) is 2.28. The molecule has 1 aromatic carbocycles. The Labute approximate surface area is 102 Å². The van der Waals surface area contributed by atoms with Gasteiger partial charge in [0.05, 0.1) is 16.6 Å². The smallest absolute Gasteiger partial charge is 0.144 e. The minimum atomic E-state index is -0.614. The minimum Gasteiger partial charge on any atom is -0.287 e. The third-order valence-electron chi connectivity index (χ3n) is 2.39. The van der Waals surface area contributed by atoms with Crippen LogP contribution in [0.3, 0.4) is 0 Å². The molecule has 0 aliphatic heterocycles. The van der Waals surface area contributed by atoms with E-state index in [1.54, 1.807) is 18.9 Å². The highest BCUT2D eigenvalue weighted by Gasteiger charge is 2.16. The van der Waals surface area contributed by atoms with Crippen LogP contribution in [-0.4, -0.2) is 18.0 Å². The number of benzene rings is 1. The van der Waals surface area contributed by atoms with E-state index in [0.29, 0.717) is 0 Å². The second-order valence-corrected chi connectivity index (χ2v) is 4.40. The van der Waals surface area contributed by atoms with Crippen molar-refractivity contribution < 1.29 is 8.78 Å².